The van der Waals surface area contributed by atoms with Crippen LogP contribution < -0.4 is 26.8 Å². The first kappa shape index (κ1) is 28.0. The number of phenolic OH excluding ortho intramolecular Hbond substituents is 2. The Balaban J connectivity index is 2.11. The Bertz CT molecular complexity index is 875. The first-order valence-electron chi connectivity index (χ1n) is 10.6. The lowest BCUT2D eigenvalue weighted by Crippen LogP contribution is -2.34. The van der Waals surface area contributed by atoms with Crippen molar-refractivity contribution in [3.8, 4) is 11.5 Å². The molecule has 0 aliphatic heterocycles. The van der Waals surface area contributed by atoms with E-state index in [1.165, 1.54) is 12.1 Å². The van der Waals surface area contributed by atoms with Crippen molar-refractivity contribution in [2.45, 2.75) is 46.0 Å². The summed E-state index contributed by atoms with van der Waals surface area (Å²) < 4.78 is 0. The Kier molecular flexibility index (Phi) is 13.4. The van der Waals surface area contributed by atoms with E-state index in [2.05, 4.69) is 37.0 Å². The molecule has 10 nitrogen and oxygen atoms in total. The highest BCUT2D eigenvalue weighted by atomic mass is 32.1. The SMILES string of the molecule is CNC(=S)NN=C(C)C(C)=NNC(=S)NCCCCCC(=O)NCCc1ccc(O)c(O)c1. The van der Waals surface area contributed by atoms with Crippen LogP contribution in [0.2, 0.25) is 0 Å². The van der Waals surface area contributed by atoms with Gasteiger partial charge in [-0.25, -0.2) is 0 Å². The van der Waals surface area contributed by atoms with Gasteiger partial charge in [-0.2, -0.15) is 10.2 Å². The van der Waals surface area contributed by atoms with Crippen molar-refractivity contribution in [1.82, 2.24) is 26.8 Å². The Morgan fingerprint density at radius 2 is 1.58 bits per heavy atom. The standard InChI is InChI=1S/C21H33N7O3S2/c1-14(25-27-20(32)22-3)15(2)26-28-21(33)24-11-6-4-5-7-19(31)23-12-10-16-8-9-17(29)18(30)13-16/h8-9,13,29-30H,4-7,10-12H2,1-3H3,(H,23,31)(H2,22,27,32)(H2,24,28,33). The lowest BCUT2D eigenvalue weighted by atomic mass is 10.1. The monoisotopic (exact) mass is 495 g/mol. The van der Waals surface area contributed by atoms with Crippen LogP contribution in [0.15, 0.2) is 28.4 Å². The van der Waals surface area contributed by atoms with Crippen LogP contribution in [0.5, 0.6) is 11.5 Å². The fourth-order valence-electron chi connectivity index (χ4n) is 2.47. The fourth-order valence-corrected chi connectivity index (χ4v) is 2.67. The van der Waals surface area contributed by atoms with E-state index in [0.29, 0.717) is 47.6 Å². The van der Waals surface area contributed by atoms with Gasteiger partial charge in [0.1, 0.15) is 0 Å². The Labute approximate surface area is 205 Å². The minimum atomic E-state index is -0.157. The molecule has 1 rings (SSSR count). The molecule has 0 unspecified atom stereocenters. The van der Waals surface area contributed by atoms with Gasteiger partial charge in [0, 0.05) is 26.6 Å². The summed E-state index contributed by atoms with van der Waals surface area (Å²) in [5.41, 5.74) is 7.64. The maximum Gasteiger partial charge on any atom is 0.220 e. The van der Waals surface area contributed by atoms with Crippen molar-refractivity contribution in [2.24, 2.45) is 10.2 Å². The molecule has 1 amide bonds. The number of carbonyl (C=O) groups is 1. The predicted molar refractivity (Wildman–Crippen MR) is 140 cm³/mol. The number of phenols is 2. The van der Waals surface area contributed by atoms with Crippen LogP contribution in [0, 0.1) is 0 Å². The Morgan fingerprint density at radius 1 is 0.909 bits per heavy atom. The van der Waals surface area contributed by atoms with Gasteiger partial charge < -0.3 is 26.2 Å². The average Bonchev–Trinajstić information content (AvgIpc) is 2.80. The molecule has 0 fully saturated rings. The fraction of sp³-hybridized carbons (Fsp3) is 0.476. The largest absolute Gasteiger partial charge is 0.504 e. The normalized spacial score (nSPS) is 11.5. The second-order valence-corrected chi connectivity index (χ2v) is 8.00. The molecule has 1 aromatic rings. The summed E-state index contributed by atoms with van der Waals surface area (Å²) in [5, 5.41) is 36.6. The summed E-state index contributed by atoms with van der Waals surface area (Å²) >= 11 is 10.1. The predicted octanol–water partition coefficient (Wildman–Crippen LogP) is 1.63. The zero-order valence-corrected chi connectivity index (χ0v) is 20.8. The number of unbranched alkanes of at least 4 members (excludes halogenated alkanes) is 2. The molecule has 0 aliphatic carbocycles. The lowest BCUT2D eigenvalue weighted by molar-refractivity contribution is -0.121. The second-order valence-electron chi connectivity index (χ2n) is 7.19. The van der Waals surface area contributed by atoms with Crippen LogP contribution in [0.25, 0.3) is 0 Å². The molecule has 0 heterocycles. The number of carbonyl (C=O) groups excluding carboxylic acids is 1. The third-order valence-electron chi connectivity index (χ3n) is 4.54. The quantitative estimate of drug-likeness (QED) is 0.0757. The molecule has 0 spiro atoms. The van der Waals surface area contributed by atoms with Crippen molar-refractivity contribution < 1.29 is 15.0 Å². The molecule has 0 saturated heterocycles. The van der Waals surface area contributed by atoms with E-state index < -0.39 is 0 Å². The number of hydrogen-bond donors (Lipinski definition) is 7. The second kappa shape index (κ2) is 15.8. The van der Waals surface area contributed by atoms with Crippen LogP contribution >= 0.6 is 24.4 Å². The first-order valence-corrected chi connectivity index (χ1v) is 11.4. The number of aromatic hydroxyl groups is 2. The first-order chi connectivity index (χ1) is 15.7. The van der Waals surface area contributed by atoms with Gasteiger partial charge in [-0.1, -0.05) is 12.5 Å². The van der Waals surface area contributed by atoms with Crippen LogP contribution in [0.1, 0.15) is 45.1 Å². The van der Waals surface area contributed by atoms with Crippen molar-refractivity contribution in [3.63, 3.8) is 0 Å². The molecule has 0 aliphatic rings. The number of nitrogens with one attached hydrogen (secondary N) is 5. The average molecular weight is 496 g/mol. The number of nitrogens with zero attached hydrogens (tertiary/aromatic N) is 2. The summed E-state index contributed by atoms with van der Waals surface area (Å²) in [6.45, 7) is 4.76. The van der Waals surface area contributed by atoms with E-state index in [9.17, 15) is 15.0 Å². The van der Waals surface area contributed by atoms with Gasteiger partial charge in [0.2, 0.25) is 5.91 Å². The number of hydrogen-bond acceptors (Lipinski definition) is 7. The third-order valence-corrected chi connectivity index (χ3v) is 5.07. The molecule has 1 aromatic carbocycles. The molecule has 182 valence electrons. The molecule has 0 bridgehead atoms. The number of rotatable bonds is 12. The minimum absolute atomic E-state index is 0.00466. The zero-order chi connectivity index (χ0) is 24.6. The van der Waals surface area contributed by atoms with Gasteiger partial charge in [0.05, 0.1) is 11.4 Å². The highest BCUT2D eigenvalue weighted by Gasteiger charge is 2.04. The summed E-state index contributed by atoms with van der Waals surface area (Å²) in [7, 11) is 1.70. The van der Waals surface area contributed by atoms with E-state index in [4.69, 9.17) is 24.4 Å². The molecular weight excluding hydrogens is 462 g/mol. The third kappa shape index (κ3) is 12.6. The zero-order valence-electron chi connectivity index (χ0n) is 19.2. The number of benzene rings is 1. The van der Waals surface area contributed by atoms with E-state index in [1.807, 2.05) is 0 Å². The van der Waals surface area contributed by atoms with E-state index >= 15 is 0 Å². The van der Waals surface area contributed by atoms with Gasteiger partial charge in [0.15, 0.2) is 21.7 Å². The number of thiocarbonyl (C=S) groups is 2. The molecule has 0 saturated carbocycles. The maximum absolute atomic E-state index is 11.9. The van der Waals surface area contributed by atoms with Crippen LogP contribution in [-0.2, 0) is 11.2 Å². The van der Waals surface area contributed by atoms with Crippen molar-refractivity contribution >= 4 is 52.0 Å². The number of amides is 1. The molecule has 12 heteroatoms. The van der Waals surface area contributed by atoms with Gasteiger partial charge in [-0.3, -0.25) is 15.6 Å². The van der Waals surface area contributed by atoms with Gasteiger partial charge in [-0.05, 0) is 75.2 Å². The highest BCUT2D eigenvalue weighted by molar-refractivity contribution is 7.80. The van der Waals surface area contributed by atoms with E-state index in [0.717, 1.165) is 24.8 Å². The molecule has 0 aromatic heterocycles. The van der Waals surface area contributed by atoms with Gasteiger partial charge in [0.25, 0.3) is 0 Å². The molecule has 33 heavy (non-hydrogen) atoms. The number of hydrazone groups is 2. The van der Waals surface area contributed by atoms with Crippen LogP contribution in [0.3, 0.4) is 0 Å². The summed E-state index contributed by atoms with van der Waals surface area (Å²) in [5.74, 6) is -0.314. The maximum atomic E-state index is 11.9. The minimum Gasteiger partial charge on any atom is -0.504 e. The summed E-state index contributed by atoms with van der Waals surface area (Å²) in [6.07, 6.45) is 3.58. The Morgan fingerprint density at radius 3 is 2.21 bits per heavy atom. The van der Waals surface area contributed by atoms with Gasteiger partial charge >= 0.3 is 0 Å². The molecular formula is C21H33N7O3S2. The topological polar surface area (TPSA) is 142 Å². The van der Waals surface area contributed by atoms with Crippen molar-refractivity contribution in [1.29, 1.82) is 0 Å². The van der Waals surface area contributed by atoms with Crippen LogP contribution in [0.4, 0.5) is 0 Å². The molecule has 0 atom stereocenters. The van der Waals surface area contributed by atoms with E-state index in [-0.39, 0.29) is 17.4 Å². The summed E-state index contributed by atoms with van der Waals surface area (Å²) in [4.78, 5) is 11.9. The van der Waals surface area contributed by atoms with E-state index in [1.54, 1.807) is 27.0 Å². The summed E-state index contributed by atoms with van der Waals surface area (Å²) in [6, 6.07) is 4.64. The van der Waals surface area contributed by atoms with Crippen LogP contribution in [-0.4, -0.2) is 57.9 Å². The van der Waals surface area contributed by atoms with Gasteiger partial charge in [-0.15, -0.1) is 0 Å². The smallest absolute Gasteiger partial charge is 0.220 e. The molecule has 0 radical (unpaired) electrons. The highest BCUT2D eigenvalue weighted by Crippen LogP contribution is 2.24. The lowest BCUT2D eigenvalue weighted by Gasteiger charge is -2.09. The molecule has 7 N–H and O–H groups in total. The van der Waals surface area contributed by atoms with Crippen molar-refractivity contribution in [2.75, 3.05) is 20.1 Å². The Hall–Kier alpha value is -2.99. The van der Waals surface area contributed by atoms with Crippen molar-refractivity contribution in [3.05, 3.63) is 23.8 Å².